The SMILES string of the molecule is CC(=O)c1csc(NS(=O)(=O)c2ccc(C)cc2C)n1. The second kappa shape index (κ2) is 5.34. The van der Waals surface area contributed by atoms with E-state index in [1.54, 1.807) is 25.1 Å². The number of ketones is 1. The molecule has 106 valence electrons. The summed E-state index contributed by atoms with van der Waals surface area (Å²) in [6.45, 7) is 5.03. The Labute approximate surface area is 121 Å². The Hall–Kier alpha value is -1.73. The average Bonchev–Trinajstić information content (AvgIpc) is 2.76. The van der Waals surface area contributed by atoms with Gasteiger partial charge < -0.3 is 0 Å². The number of anilines is 1. The summed E-state index contributed by atoms with van der Waals surface area (Å²) in [5.74, 6) is -0.196. The lowest BCUT2D eigenvalue weighted by atomic mass is 10.2. The Morgan fingerprint density at radius 3 is 2.55 bits per heavy atom. The molecule has 1 aromatic heterocycles. The van der Waals surface area contributed by atoms with E-state index < -0.39 is 10.0 Å². The molecule has 0 aliphatic heterocycles. The summed E-state index contributed by atoms with van der Waals surface area (Å²) >= 11 is 1.09. The molecule has 1 aromatic carbocycles. The van der Waals surface area contributed by atoms with Crippen molar-refractivity contribution in [3.63, 3.8) is 0 Å². The molecule has 0 aliphatic carbocycles. The number of nitrogens with zero attached hydrogens (tertiary/aromatic N) is 1. The normalized spacial score (nSPS) is 11.3. The van der Waals surface area contributed by atoms with Crippen molar-refractivity contribution in [2.24, 2.45) is 0 Å². The molecule has 5 nitrogen and oxygen atoms in total. The molecule has 0 amide bonds. The summed E-state index contributed by atoms with van der Waals surface area (Å²) in [6.07, 6.45) is 0. The molecule has 0 saturated heterocycles. The number of thiazole rings is 1. The lowest BCUT2D eigenvalue weighted by molar-refractivity contribution is 0.101. The third kappa shape index (κ3) is 3.05. The van der Waals surface area contributed by atoms with Gasteiger partial charge in [-0.3, -0.25) is 9.52 Å². The molecule has 0 atom stereocenters. The van der Waals surface area contributed by atoms with Gasteiger partial charge in [0, 0.05) is 12.3 Å². The minimum atomic E-state index is -3.69. The van der Waals surface area contributed by atoms with Gasteiger partial charge in [0.15, 0.2) is 10.9 Å². The zero-order valence-corrected chi connectivity index (χ0v) is 12.9. The molecule has 0 unspecified atom stereocenters. The standard InChI is InChI=1S/C13H14N2O3S2/c1-8-4-5-12(9(2)6-8)20(17,18)15-13-14-11(7-19-13)10(3)16/h4-7H,1-3H3,(H,14,15). The van der Waals surface area contributed by atoms with Gasteiger partial charge in [0.1, 0.15) is 5.69 Å². The van der Waals surface area contributed by atoms with Crippen LogP contribution < -0.4 is 4.72 Å². The van der Waals surface area contributed by atoms with Crippen LogP contribution in [-0.4, -0.2) is 19.2 Å². The predicted molar refractivity (Wildman–Crippen MR) is 78.8 cm³/mol. The third-order valence-electron chi connectivity index (χ3n) is 2.71. The van der Waals surface area contributed by atoms with Crippen molar-refractivity contribution >= 4 is 32.3 Å². The Kier molecular flexibility index (Phi) is 3.92. The van der Waals surface area contributed by atoms with E-state index in [-0.39, 0.29) is 21.5 Å². The largest absolute Gasteiger partial charge is 0.293 e. The van der Waals surface area contributed by atoms with Crippen LogP contribution in [0.3, 0.4) is 0 Å². The average molecular weight is 310 g/mol. The van der Waals surface area contributed by atoms with E-state index in [4.69, 9.17) is 0 Å². The molecule has 2 rings (SSSR count). The molecule has 0 spiro atoms. The minimum Gasteiger partial charge on any atom is -0.293 e. The van der Waals surface area contributed by atoms with Gasteiger partial charge in [-0.2, -0.15) is 0 Å². The zero-order valence-electron chi connectivity index (χ0n) is 11.3. The first kappa shape index (κ1) is 14.7. The second-order valence-corrected chi connectivity index (χ2v) is 6.98. The minimum absolute atomic E-state index is 0.190. The van der Waals surface area contributed by atoms with Crippen LogP contribution in [0.4, 0.5) is 5.13 Å². The number of sulfonamides is 1. The van der Waals surface area contributed by atoms with Gasteiger partial charge in [-0.1, -0.05) is 17.7 Å². The molecule has 2 aromatic rings. The Morgan fingerprint density at radius 2 is 2.00 bits per heavy atom. The Balaban J connectivity index is 2.33. The molecule has 0 aliphatic rings. The van der Waals surface area contributed by atoms with Crippen LogP contribution in [0.5, 0.6) is 0 Å². The van der Waals surface area contributed by atoms with Crippen molar-refractivity contribution in [1.82, 2.24) is 4.98 Å². The van der Waals surface area contributed by atoms with Crippen molar-refractivity contribution in [1.29, 1.82) is 0 Å². The summed E-state index contributed by atoms with van der Waals surface area (Å²) in [4.78, 5) is 15.3. The maximum atomic E-state index is 12.3. The Bertz CT molecular complexity index is 764. The summed E-state index contributed by atoms with van der Waals surface area (Å²) in [6, 6.07) is 5.11. The summed E-state index contributed by atoms with van der Waals surface area (Å²) in [5.41, 5.74) is 1.92. The fourth-order valence-corrected chi connectivity index (χ4v) is 3.98. The number of carbonyl (C=O) groups is 1. The van der Waals surface area contributed by atoms with Gasteiger partial charge >= 0.3 is 0 Å². The van der Waals surface area contributed by atoms with Gasteiger partial charge in [0.2, 0.25) is 0 Å². The lowest BCUT2D eigenvalue weighted by Crippen LogP contribution is -2.14. The highest BCUT2D eigenvalue weighted by atomic mass is 32.2. The van der Waals surface area contributed by atoms with Gasteiger partial charge in [-0.25, -0.2) is 13.4 Å². The van der Waals surface area contributed by atoms with Crippen LogP contribution in [0.2, 0.25) is 0 Å². The highest BCUT2D eigenvalue weighted by Gasteiger charge is 2.19. The number of aromatic nitrogens is 1. The van der Waals surface area contributed by atoms with Gasteiger partial charge in [-0.05, 0) is 25.5 Å². The fraction of sp³-hybridized carbons (Fsp3) is 0.231. The van der Waals surface area contributed by atoms with Crippen LogP contribution >= 0.6 is 11.3 Å². The first-order valence-corrected chi connectivity index (χ1v) is 8.22. The third-order valence-corrected chi connectivity index (χ3v) is 5.09. The molecule has 1 N–H and O–H groups in total. The van der Waals surface area contributed by atoms with E-state index >= 15 is 0 Å². The molecule has 1 heterocycles. The summed E-state index contributed by atoms with van der Waals surface area (Å²) in [5, 5.41) is 1.72. The number of rotatable bonds is 4. The molecular weight excluding hydrogens is 296 g/mol. The van der Waals surface area contributed by atoms with E-state index in [1.165, 1.54) is 12.3 Å². The first-order chi connectivity index (χ1) is 9.29. The van der Waals surface area contributed by atoms with Gasteiger partial charge in [0.05, 0.1) is 4.90 Å². The first-order valence-electron chi connectivity index (χ1n) is 5.86. The quantitative estimate of drug-likeness (QED) is 0.881. The number of carbonyl (C=O) groups excluding carboxylic acids is 1. The summed E-state index contributed by atoms with van der Waals surface area (Å²) in [7, 11) is -3.69. The fourth-order valence-electron chi connectivity index (χ4n) is 1.75. The Morgan fingerprint density at radius 1 is 1.30 bits per heavy atom. The molecule has 20 heavy (non-hydrogen) atoms. The highest BCUT2D eigenvalue weighted by Crippen LogP contribution is 2.22. The molecule has 0 bridgehead atoms. The maximum Gasteiger partial charge on any atom is 0.263 e. The van der Waals surface area contributed by atoms with Crippen molar-refractivity contribution < 1.29 is 13.2 Å². The highest BCUT2D eigenvalue weighted by molar-refractivity contribution is 7.93. The maximum absolute atomic E-state index is 12.3. The van der Waals surface area contributed by atoms with Crippen molar-refractivity contribution in [2.75, 3.05) is 4.72 Å². The van der Waals surface area contributed by atoms with Crippen LogP contribution in [-0.2, 0) is 10.0 Å². The van der Waals surface area contributed by atoms with Gasteiger partial charge in [-0.15, -0.1) is 11.3 Å². The van der Waals surface area contributed by atoms with E-state index in [0.717, 1.165) is 16.9 Å². The van der Waals surface area contributed by atoms with E-state index in [1.807, 2.05) is 6.92 Å². The topological polar surface area (TPSA) is 76.1 Å². The number of hydrogen-bond donors (Lipinski definition) is 1. The van der Waals surface area contributed by atoms with E-state index in [0.29, 0.717) is 5.56 Å². The lowest BCUT2D eigenvalue weighted by Gasteiger charge is -2.08. The number of Topliss-reactive ketones (excluding diaryl/α,β-unsaturated/α-hetero) is 1. The van der Waals surface area contributed by atoms with Gasteiger partial charge in [0.25, 0.3) is 10.0 Å². The van der Waals surface area contributed by atoms with Crippen LogP contribution in [0, 0.1) is 13.8 Å². The van der Waals surface area contributed by atoms with Crippen molar-refractivity contribution in [2.45, 2.75) is 25.7 Å². The molecular formula is C13H14N2O3S2. The number of nitrogens with one attached hydrogen (secondary N) is 1. The molecule has 7 heteroatoms. The number of benzene rings is 1. The van der Waals surface area contributed by atoms with Crippen molar-refractivity contribution in [3.8, 4) is 0 Å². The zero-order chi connectivity index (χ0) is 14.9. The number of aryl methyl sites for hydroxylation is 2. The monoisotopic (exact) mass is 310 g/mol. The molecule has 0 saturated carbocycles. The number of hydrogen-bond acceptors (Lipinski definition) is 5. The molecule has 0 radical (unpaired) electrons. The van der Waals surface area contributed by atoms with E-state index in [9.17, 15) is 13.2 Å². The second-order valence-electron chi connectivity index (χ2n) is 4.47. The predicted octanol–water partition coefficient (Wildman–Crippen LogP) is 2.76. The molecule has 0 fully saturated rings. The van der Waals surface area contributed by atoms with Crippen LogP contribution in [0.15, 0.2) is 28.5 Å². The van der Waals surface area contributed by atoms with Crippen molar-refractivity contribution in [3.05, 3.63) is 40.4 Å². The van der Waals surface area contributed by atoms with E-state index in [2.05, 4.69) is 9.71 Å². The summed E-state index contributed by atoms with van der Waals surface area (Å²) < 4.78 is 27.0. The van der Waals surface area contributed by atoms with Crippen LogP contribution in [0.25, 0.3) is 0 Å². The smallest absolute Gasteiger partial charge is 0.263 e. The van der Waals surface area contributed by atoms with Crippen LogP contribution in [0.1, 0.15) is 28.5 Å².